The van der Waals surface area contributed by atoms with Crippen molar-refractivity contribution in [1.29, 1.82) is 0 Å². The molecule has 0 aliphatic heterocycles. The second-order valence-corrected chi connectivity index (χ2v) is 10.1. The van der Waals surface area contributed by atoms with E-state index in [2.05, 4.69) is 0 Å². The molecule has 0 bridgehead atoms. The number of pyridine rings is 2. The van der Waals surface area contributed by atoms with Crippen LogP contribution in [0.5, 0.6) is 11.5 Å². The van der Waals surface area contributed by atoms with Crippen LogP contribution in [-0.4, -0.2) is 33.0 Å². The molecule has 6 rings (SSSR count). The summed E-state index contributed by atoms with van der Waals surface area (Å²) in [6.07, 6.45) is 7.08. The predicted octanol–water partition coefficient (Wildman–Crippen LogP) is 2.25. The number of hydrogen-bond acceptors (Lipinski definition) is 8. The first-order valence-electron chi connectivity index (χ1n) is 14.4. The Morgan fingerprint density at radius 1 is 0.620 bits per heavy atom. The Kier molecular flexibility index (Phi) is 13.7. The van der Waals surface area contributed by atoms with Gasteiger partial charge in [0.2, 0.25) is 24.7 Å². The van der Waals surface area contributed by atoms with Gasteiger partial charge in [0, 0.05) is 47.2 Å². The van der Waals surface area contributed by atoms with Crippen LogP contribution in [0.1, 0.15) is 20.7 Å². The van der Waals surface area contributed by atoms with Gasteiger partial charge in [-0.3, -0.25) is 9.59 Å². The van der Waals surface area contributed by atoms with Crippen molar-refractivity contribution in [1.82, 2.24) is 0 Å². The molecule has 16 heteroatoms. The van der Waals surface area contributed by atoms with E-state index in [0.717, 1.165) is 0 Å². The maximum Gasteiger partial charge on any atom is 0.673 e. The lowest BCUT2D eigenvalue weighted by atomic mass is 10.1. The zero-order valence-electron chi connectivity index (χ0n) is 26.4. The van der Waals surface area contributed by atoms with E-state index < -0.39 is 18.5 Å². The summed E-state index contributed by atoms with van der Waals surface area (Å²) in [5.74, 6) is 0.606. The molecule has 0 amide bonds. The minimum Gasteiger partial charge on any atom is -1.00 e. The van der Waals surface area contributed by atoms with Crippen molar-refractivity contribution in [2.75, 3.05) is 14.2 Å². The summed E-state index contributed by atoms with van der Waals surface area (Å²) in [6.45, 7) is 0.181. The third kappa shape index (κ3) is 11.2. The Labute approximate surface area is 292 Å². The van der Waals surface area contributed by atoms with Crippen molar-refractivity contribution in [3.8, 4) is 11.5 Å². The van der Waals surface area contributed by atoms with Crippen LogP contribution in [-0.2, 0) is 13.1 Å². The van der Waals surface area contributed by atoms with E-state index >= 15 is 0 Å². The molecule has 0 aliphatic rings. The molecule has 0 fully saturated rings. The van der Waals surface area contributed by atoms with Crippen molar-refractivity contribution >= 4 is 40.8 Å². The second kappa shape index (κ2) is 17.7. The average Bonchev–Trinajstić information content (AvgIpc) is 3.07. The van der Waals surface area contributed by atoms with Crippen LogP contribution < -0.4 is 46.8 Å². The van der Waals surface area contributed by atoms with Crippen molar-refractivity contribution in [2.45, 2.75) is 13.1 Å². The average molecular weight is 759 g/mol. The Morgan fingerprint density at radius 2 is 0.960 bits per heavy atom. The minimum atomic E-state index is -6.00. The highest BCUT2D eigenvalue weighted by Crippen LogP contribution is 2.21. The lowest BCUT2D eigenvalue weighted by molar-refractivity contribution is -0.683. The molecule has 260 valence electrons. The van der Waals surface area contributed by atoms with E-state index in [0.29, 0.717) is 33.4 Å². The van der Waals surface area contributed by atoms with Crippen molar-refractivity contribution in [3.05, 3.63) is 142 Å². The Hall–Kier alpha value is -5.64. The molecular formula is C34H28BBrF4N2O8. The van der Waals surface area contributed by atoms with Gasteiger partial charge < -0.3 is 52.6 Å². The highest BCUT2D eigenvalue weighted by Gasteiger charge is 2.21. The quantitative estimate of drug-likeness (QED) is 0.0763. The van der Waals surface area contributed by atoms with E-state index in [1.165, 1.54) is 14.2 Å². The number of halogens is 5. The number of ether oxygens (including phenoxy) is 2. The summed E-state index contributed by atoms with van der Waals surface area (Å²) in [5, 5.41) is 1.36. The normalized spacial score (nSPS) is 10.5. The summed E-state index contributed by atoms with van der Waals surface area (Å²) < 4.78 is 63.0. The summed E-state index contributed by atoms with van der Waals surface area (Å²) in [6, 6.07) is 24.4. The summed E-state index contributed by atoms with van der Waals surface area (Å²) >= 11 is 0. The summed E-state index contributed by atoms with van der Waals surface area (Å²) in [4.78, 5) is 48.6. The molecule has 2 aromatic carbocycles. The van der Waals surface area contributed by atoms with Gasteiger partial charge >= 0.3 is 18.5 Å². The molecule has 0 unspecified atom stereocenters. The van der Waals surface area contributed by atoms with Gasteiger partial charge in [-0.2, -0.15) is 9.13 Å². The number of fused-ring (bicyclic) bond motifs is 2. The monoisotopic (exact) mass is 758 g/mol. The Morgan fingerprint density at radius 3 is 1.28 bits per heavy atom. The van der Waals surface area contributed by atoms with Crippen molar-refractivity contribution < 1.29 is 71.3 Å². The van der Waals surface area contributed by atoms with Gasteiger partial charge in [-0.15, -0.1) is 0 Å². The number of carbonyl (C=O) groups excluding carboxylic acids is 2. The lowest BCUT2D eigenvalue weighted by Gasteiger charge is -2.03. The SMILES string of the molecule is COc1ccc2cc(C(=O)C[n+]3ccccc3)c(=O)oc2c1.COc1ccc2cc(C(=O)C[n+]3ccccc3)c(=O)oc2c1.F[B-](F)(F)F.[Br-]. The number of methoxy groups -OCH3 is 2. The minimum absolute atomic E-state index is 0. The number of Topliss-reactive ketones (excluding diaryl/α,β-unsaturated/α-hetero) is 2. The molecular weight excluding hydrogens is 731 g/mol. The predicted molar refractivity (Wildman–Crippen MR) is 170 cm³/mol. The van der Waals surface area contributed by atoms with Crippen LogP contribution in [0.3, 0.4) is 0 Å². The molecule has 4 heterocycles. The fraction of sp³-hybridized carbons (Fsp3) is 0.118. The van der Waals surface area contributed by atoms with Crippen LogP contribution >= 0.6 is 0 Å². The van der Waals surface area contributed by atoms with Gasteiger partial charge in [-0.25, -0.2) is 9.59 Å². The Balaban J connectivity index is 0.000000234. The number of hydrogen-bond donors (Lipinski definition) is 0. The fourth-order valence-electron chi connectivity index (χ4n) is 4.41. The summed E-state index contributed by atoms with van der Waals surface area (Å²) in [7, 11) is -2.93. The third-order valence-corrected chi connectivity index (χ3v) is 6.69. The standard InChI is InChI=1S/2C17H14NO4.BF4.BrH/c2*1-21-13-6-5-12-9-14(17(20)22-16(12)10-13)15(19)11-18-7-3-2-4-8-18;2-1(3,4)5;/h2*2-10H,11H2,1H3;;1H/q2*+1;-1;/p-1. The third-order valence-electron chi connectivity index (χ3n) is 6.69. The molecule has 50 heavy (non-hydrogen) atoms. The van der Waals surface area contributed by atoms with Gasteiger partial charge in [0.15, 0.2) is 24.8 Å². The molecule has 10 nitrogen and oxygen atoms in total. The molecule has 0 radical (unpaired) electrons. The number of rotatable bonds is 8. The van der Waals surface area contributed by atoms with Crippen molar-refractivity contribution in [3.63, 3.8) is 0 Å². The number of carbonyl (C=O) groups is 2. The first kappa shape index (κ1) is 38.8. The number of benzene rings is 2. The van der Waals surface area contributed by atoms with E-state index in [1.807, 2.05) is 36.4 Å². The van der Waals surface area contributed by atoms with Crippen molar-refractivity contribution in [2.24, 2.45) is 0 Å². The molecule has 0 saturated carbocycles. The highest BCUT2D eigenvalue weighted by atomic mass is 79.9. The van der Waals surface area contributed by atoms with Crippen LogP contribution in [0.2, 0.25) is 0 Å². The molecule has 0 aliphatic carbocycles. The smallest absolute Gasteiger partial charge is 0.673 e. The van der Waals surface area contributed by atoms with Gasteiger partial charge in [-0.05, 0) is 36.4 Å². The zero-order chi connectivity index (χ0) is 35.6. The van der Waals surface area contributed by atoms with Crippen LogP contribution in [0.15, 0.2) is 128 Å². The van der Waals surface area contributed by atoms with Gasteiger partial charge in [0.25, 0.3) is 0 Å². The fourth-order valence-corrected chi connectivity index (χ4v) is 4.41. The lowest BCUT2D eigenvalue weighted by Crippen LogP contribution is -3.00. The molecule has 0 atom stereocenters. The maximum atomic E-state index is 12.3. The first-order chi connectivity index (χ1) is 23.3. The topological polar surface area (TPSA) is 121 Å². The number of nitrogens with zero attached hydrogens (tertiary/aromatic N) is 2. The van der Waals surface area contributed by atoms with Crippen LogP contribution in [0.4, 0.5) is 17.3 Å². The molecule has 0 spiro atoms. The van der Waals surface area contributed by atoms with E-state index in [-0.39, 0.29) is 52.8 Å². The maximum absolute atomic E-state index is 12.3. The molecule has 4 aromatic heterocycles. The Bertz CT molecular complexity index is 2040. The zero-order valence-corrected chi connectivity index (χ0v) is 28.0. The van der Waals surface area contributed by atoms with Gasteiger partial charge in [-0.1, -0.05) is 12.1 Å². The number of ketones is 2. The van der Waals surface area contributed by atoms with Crippen LogP contribution in [0, 0.1) is 0 Å². The first-order valence-corrected chi connectivity index (χ1v) is 14.4. The molecule has 0 saturated heterocycles. The largest absolute Gasteiger partial charge is 1.00 e. The van der Waals surface area contributed by atoms with E-state index in [4.69, 9.17) is 18.3 Å². The summed E-state index contributed by atoms with van der Waals surface area (Å²) in [5.41, 5.74) is -0.380. The van der Waals surface area contributed by atoms with E-state index in [9.17, 15) is 36.4 Å². The highest BCUT2D eigenvalue weighted by molar-refractivity contribution is 6.50. The molecule has 0 N–H and O–H groups in total. The van der Waals surface area contributed by atoms with Gasteiger partial charge in [0.05, 0.1) is 14.2 Å². The molecule has 6 aromatic rings. The number of aromatic nitrogens is 2. The second-order valence-electron chi connectivity index (χ2n) is 10.1. The van der Waals surface area contributed by atoms with E-state index in [1.54, 1.807) is 82.5 Å². The van der Waals surface area contributed by atoms with Gasteiger partial charge in [0.1, 0.15) is 33.8 Å². The van der Waals surface area contributed by atoms with Crippen LogP contribution in [0.25, 0.3) is 21.9 Å².